The summed E-state index contributed by atoms with van der Waals surface area (Å²) in [5.74, 6) is 0.338. The standard InChI is InChI=1S/C17H25N3O4/c1-17(2,3)24-16(22)20-9-8-18-11-14(20)19-15(21)12-6-5-7-13(10-12)23-4/h5-7,10,14,18H,8-9,11H2,1-4H3,(H,19,21). The van der Waals surface area contributed by atoms with Crippen molar-refractivity contribution in [1.82, 2.24) is 15.5 Å². The van der Waals surface area contributed by atoms with Crippen LogP contribution < -0.4 is 15.4 Å². The first-order valence-electron chi connectivity index (χ1n) is 7.95. The van der Waals surface area contributed by atoms with E-state index < -0.39 is 17.9 Å². The number of methoxy groups -OCH3 is 1. The van der Waals surface area contributed by atoms with Crippen LogP contribution in [0, 0.1) is 0 Å². The molecule has 0 bridgehead atoms. The number of nitrogens with one attached hydrogen (secondary N) is 2. The maximum Gasteiger partial charge on any atom is 0.412 e. The second-order valence-electron chi connectivity index (χ2n) is 6.60. The summed E-state index contributed by atoms with van der Waals surface area (Å²) in [7, 11) is 1.55. The summed E-state index contributed by atoms with van der Waals surface area (Å²) in [6.07, 6.45) is -0.896. The van der Waals surface area contributed by atoms with Gasteiger partial charge < -0.3 is 20.1 Å². The molecule has 1 saturated heterocycles. The SMILES string of the molecule is COc1cccc(C(=O)NC2CNCCN2C(=O)OC(C)(C)C)c1. The Labute approximate surface area is 142 Å². The molecular formula is C17H25N3O4. The first-order chi connectivity index (χ1) is 11.3. The Morgan fingerprint density at radius 2 is 2.08 bits per heavy atom. The van der Waals surface area contributed by atoms with Crippen LogP contribution in [0.3, 0.4) is 0 Å². The lowest BCUT2D eigenvalue weighted by atomic mass is 10.2. The van der Waals surface area contributed by atoms with Crippen LogP contribution in [0.5, 0.6) is 5.75 Å². The highest BCUT2D eigenvalue weighted by Crippen LogP contribution is 2.15. The smallest absolute Gasteiger partial charge is 0.412 e. The molecule has 7 heteroatoms. The third-order valence-electron chi connectivity index (χ3n) is 3.50. The van der Waals surface area contributed by atoms with E-state index in [9.17, 15) is 9.59 Å². The Kier molecular flexibility index (Phi) is 5.66. The molecule has 24 heavy (non-hydrogen) atoms. The van der Waals surface area contributed by atoms with Crippen molar-refractivity contribution in [3.8, 4) is 5.75 Å². The first kappa shape index (κ1) is 18.1. The van der Waals surface area contributed by atoms with Gasteiger partial charge in [0.25, 0.3) is 5.91 Å². The first-order valence-corrected chi connectivity index (χ1v) is 7.95. The van der Waals surface area contributed by atoms with Crippen LogP contribution in [0.1, 0.15) is 31.1 Å². The Bertz CT molecular complexity index is 598. The van der Waals surface area contributed by atoms with Gasteiger partial charge in [0.1, 0.15) is 17.5 Å². The minimum absolute atomic E-state index is 0.267. The summed E-state index contributed by atoms with van der Waals surface area (Å²) in [5, 5.41) is 6.04. The normalized spacial score (nSPS) is 18.0. The lowest BCUT2D eigenvalue weighted by molar-refractivity contribution is 0.00853. The summed E-state index contributed by atoms with van der Waals surface area (Å²) >= 11 is 0. The largest absolute Gasteiger partial charge is 0.497 e. The van der Waals surface area contributed by atoms with Crippen molar-refractivity contribution in [2.75, 3.05) is 26.7 Å². The van der Waals surface area contributed by atoms with Crippen molar-refractivity contribution >= 4 is 12.0 Å². The number of benzene rings is 1. The van der Waals surface area contributed by atoms with Crippen LogP contribution in [0.2, 0.25) is 0 Å². The summed E-state index contributed by atoms with van der Waals surface area (Å²) in [5.41, 5.74) is -0.104. The van der Waals surface area contributed by atoms with Gasteiger partial charge in [-0.1, -0.05) is 6.07 Å². The number of ether oxygens (including phenoxy) is 2. The van der Waals surface area contributed by atoms with Crippen molar-refractivity contribution in [3.63, 3.8) is 0 Å². The van der Waals surface area contributed by atoms with Gasteiger partial charge >= 0.3 is 6.09 Å². The molecule has 2 N–H and O–H groups in total. The molecule has 1 aromatic carbocycles. The number of nitrogens with zero attached hydrogens (tertiary/aromatic N) is 1. The monoisotopic (exact) mass is 335 g/mol. The van der Waals surface area contributed by atoms with Crippen molar-refractivity contribution in [2.24, 2.45) is 0 Å². The zero-order chi connectivity index (χ0) is 17.7. The molecule has 1 unspecified atom stereocenters. The third-order valence-corrected chi connectivity index (χ3v) is 3.50. The predicted octanol–water partition coefficient (Wildman–Crippen LogP) is 1.59. The Morgan fingerprint density at radius 3 is 2.75 bits per heavy atom. The van der Waals surface area contributed by atoms with Gasteiger partial charge in [-0.15, -0.1) is 0 Å². The van der Waals surface area contributed by atoms with E-state index in [-0.39, 0.29) is 5.91 Å². The fraction of sp³-hybridized carbons (Fsp3) is 0.529. The molecule has 0 aromatic heterocycles. The van der Waals surface area contributed by atoms with E-state index in [1.165, 1.54) is 0 Å². The number of carbonyl (C=O) groups is 2. The molecule has 132 valence electrons. The Hall–Kier alpha value is -2.28. The molecule has 2 rings (SSSR count). The van der Waals surface area contributed by atoms with E-state index >= 15 is 0 Å². The molecule has 7 nitrogen and oxygen atoms in total. The van der Waals surface area contributed by atoms with Crippen LogP contribution >= 0.6 is 0 Å². The highest BCUT2D eigenvalue weighted by atomic mass is 16.6. The molecule has 0 radical (unpaired) electrons. The molecule has 2 amide bonds. The number of hydrogen-bond acceptors (Lipinski definition) is 5. The molecule has 1 aliphatic rings. The highest BCUT2D eigenvalue weighted by molar-refractivity contribution is 5.95. The maximum absolute atomic E-state index is 12.5. The average molecular weight is 335 g/mol. The van der Waals surface area contributed by atoms with E-state index in [2.05, 4.69) is 10.6 Å². The van der Waals surface area contributed by atoms with Gasteiger partial charge in [0, 0.05) is 25.2 Å². The molecule has 1 heterocycles. The molecule has 0 spiro atoms. The van der Waals surface area contributed by atoms with Gasteiger partial charge in [0.05, 0.1) is 7.11 Å². The van der Waals surface area contributed by atoms with Gasteiger partial charge in [-0.25, -0.2) is 4.79 Å². The van der Waals surface area contributed by atoms with E-state index in [1.807, 2.05) is 20.8 Å². The van der Waals surface area contributed by atoms with Crippen molar-refractivity contribution in [2.45, 2.75) is 32.5 Å². The Balaban J connectivity index is 2.07. The third kappa shape index (κ3) is 4.86. The molecular weight excluding hydrogens is 310 g/mol. The van der Waals surface area contributed by atoms with Crippen molar-refractivity contribution < 1.29 is 19.1 Å². The van der Waals surface area contributed by atoms with Crippen molar-refractivity contribution in [3.05, 3.63) is 29.8 Å². The van der Waals surface area contributed by atoms with Crippen LogP contribution in [0.4, 0.5) is 4.79 Å². The van der Waals surface area contributed by atoms with Gasteiger partial charge in [-0.3, -0.25) is 9.69 Å². The Morgan fingerprint density at radius 1 is 1.33 bits per heavy atom. The summed E-state index contributed by atoms with van der Waals surface area (Å²) in [6, 6.07) is 6.87. The van der Waals surface area contributed by atoms with Crippen LogP contribution in [-0.2, 0) is 4.74 Å². The minimum Gasteiger partial charge on any atom is -0.497 e. The highest BCUT2D eigenvalue weighted by Gasteiger charge is 2.31. The van der Waals surface area contributed by atoms with E-state index in [0.29, 0.717) is 30.9 Å². The van der Waals surface area contributed by atoms with Gasteiger partial charge in [-0.05, 0) is 39.0 Å². The maximum atomic E-state index is 12.5. The van der Waals surface area contributed by atoms with E-state index in [4.69, 9.17) is 9.47 Å². The average Bonchev–Trinajstić information content (AvgIpc) is 2.53. The summed E-state index contributed by atoms with van der Waals surface area (Å²) in [6.45, 7) is 7.04. The van der Waals surface area contributed by atoms with Crippen LogP contribution in [-0.4, -0.2) is 55.4 Å². The molecule has 1 atom stereocenters. The second kappa shape index (κ2) is 7.53. The van der Waals surface area contributed by atoms with Gasteiger partial charge in [0.15, 0.2) is 0 Å². The van der Waals surface area contributed by atoms with E-state index in [0.717, 1.165) is 0 Å². The molecule has 1 aromatic rings. The molecule has 1 aliphatic heterocycles. The van der Waals surface area contributed by atoms with Crippen molar-refractivity contribution in [1.29, 1.82) is 0 Å². The fourth-order valence-electron chi connectivity index (χ4n) is 2.37. The zero-order valence-corrected chi connectivity index (χ0v) is 14.6. The topological polar surface area (TPSA) is 79.9 Å². The molecule has 0 aliphatic carbocycles. The minimum atomic E-state index is -0.580. The lowest BCUT2D eigenvalue weighted by Gasteiger charge is -2.37. The molecule has 0 saturated carbocycles. The predicted molar refractivity (Wildman–Crippen MR) is 90.1 cm³/mol. The molecule has 1 fully saturated rings. The number of rotatable bonds is 3. The van der Waals surface area contributed by atoms with Crippen LogP contribution in [0.15, 0.2) is 24.3 Å². The van der Waals surface area contributed by atoms with Gasteiger partial charge in [0.2, 0.25) is 0 Å². The quantitative estimate of drug-likeness (QED) is 0.877. The fourth-order valence-corrected chi connectivity index (χ4v) is 2.37. The van der Waals surface area contributed by atoms with Gasteiger partial charge in [-0.2, -0.15) is 0 Å². The number of amides is 2. The lowest BCUT2D eigenvalue weighted by Crippen LogP contribution is -2.61. The van der Waals surface area contributed by atoms with E-state index in [1.54, 1.807) is 36.3 Å². The summed E-state index contributed by atoms with van der Waals surface area (Å²) < 4.78 is 10.6. The summed E-state index contributed by atoms with van der Waals surface area (Å²) in [4.78, 5) is 26.3. The number of carbonyl (C=O) groups excluding carboxylic acids is 2. The zero-order valence-electron chi connectivity index (χ0n) is 14.6. The number of piperazine rings is 1. The van der Waals surface area contributed by atoms with Crippen LogP contribution in [0.25, 0.3) is 0 Å². The number of hydrogen-bond donors (Lipinski definition) is 2. The second-order valence-corrected chi connectivity index (χ2v) is 6.60.